The molecule has 3 aromatic rings. The molecule has 1 aliphatic heterocycles. The van der Waals surface area contributed by atoms with E-state index in [2.05, 4.69) is 15.0 Å². The normalized spacial score (nSPS) is 22.2. The molecule has 0 saturated carbocycles. The van der Waals surface area contributed by atoms with Crippen molar-refractivity contribution in [3.05, 3.63) is 51.5 Å². The van der Waals surface area contributed by atoms with Crippen molar-refractivity contribution in [1.82, 2.24) is 19.5 Å². The van der Waals surface area contributed by atoms with E-state index in [-0.39, 0.29) is 30.5 Å². The topological polar surface area (TPSA) is 134 Å². The number of aromatic nitrogens is 4. The van der Waals surface area contributed by atoms with Gasteiger partial charge < -0.3 is 19.6 Å². The van der Waals surface area contributed by atoms with Gasteiger partial charge >= 0.3 is 7.60 Å². The van der Waals surface area contributed by atoms with Crippen LogP contribution in [0.3, 0.4) is 0 Å². The van der Waals surface area contributed by atoms with Crippen LogP contribution < -0.4 is 11.3 Å². The summed E-state index contributed by atoms with van der Waals surface area (Å²) in [5.74, 6) is 0.00525. The van der Waals surface area contributed by atoms with Crippen LogP contribution in [0.15, 0.2) is 35.4 Å². The average molecular weight is 440 g/mol. The summed E-state index contributed by atoms with van der Waals surface area (Å²) >= 11 is 6.02. The van der Waals surface area contributed by atoms with E-state index in [4.69, 9.17) is 31.1 Å². The molecule has 1 aliphatic rings. The summed E-state index contributed by atoms with van der Waals surface area (Å²) in [6.07, 6.45) is 1.49. The lowest BCUT2D eigenvalue weighted by Gasteiger charge is -2.30. The highest BCUT2D eigenvalue weighted by molar-refractivity contribution is 7.53. The van der Waals surface area contributed by atoms with E-state index in [0.717, 1.165) is 5.56 Å². The number of hydrogen-bond acceptors (Lipinski definition) is 8. The van der Waals surface area contributed by atoms with Crippen LogP contribution >= 0.6 is 19.2 Å². The molecule has 12 heteroatoms. The second kappa shape index (κ2) is 8.25. The maximum absolute atomic E-state index is 12.9. The standard InChI is InChI=1S/C17H19ClN5O5P/c18-12-3-1-2-11(8-12)13-4-6-27-29(25,28-13)10-26-7-5-23-9-20-14-15(23)21-17(19)22-16(14)24/h1-3,8-9,13H,4-7,10H2,(H3,19,21,22,24). The lowest BCUT2D eigenvalue weighted by atomic mass is 10.1. The number of benzene rings is 1. The van der Waals surface area contributed by atoms with Crippen molar-refractivity contribution >= 4 is 36.3 Å². The Morgan fingerprint density at radius 3 is 3.14 bits per heavy atom. The zero-order valence-electron chi connectivity index (χ0n) is 15.3. The van der Waals surface area contributed by atoms with E-state index in [1.54, 1.807) is 16.7 Å². The summed E-state index contributed by atoms with van der Waals surface area (Å²) in [6, 6.07) is 7.24. The van der Waals surface area contributed by atoms with Crippen LogP contribution in [-0.2, 0) is 24.9 Å². The minimum atomic E-state index is -3.40. The molecule has 0 radical (unpaired) electrons. The number of nitrogen functional groups attached to an aromatic ring is 1. The Bertz CT molecular complexity index is 1130. The molecule has 3 N–H and O–H groups in total. The number of rotatable bonds is 6. The predicted octanol–water partition coefficient (Wildman–Crippen LogP) is 2.70. The van der Waals surface area contributed by atoms with Gasteiger partial charge in [-0.1, -0.05) is 23.7 Å². The van der Waals surface area contributed by atoms with Crippen LogP contribution in [-0.4, -0.2) is 39.1 Å². The van der Waals surface area contributed by atoms with Crippen LogP contribution in [0.2, 0.25) is 5.02 Å². The van der Waals surface area contributed by atoms with E-state index in [1.165, 1.54) is 6.33 Å². The third-order valence-corrected chi connectivity index (χ3v) is 6.28. The fraction of sp³-hybridized carbons (Fsp3) is 0.353. The van der Waals surface area contributed by atoms with Gasteiger partial charge in [0.25, 0.3) is 5.56 Å². The zero-order valence-corrected chi connectivity index (χ0v) is 16.9. The van der Waals surface area contributed by atoms with Crippen LogP contribution in [0.1, 0.15) is 18.1 Å². The highest BCUT2D eigenvalue weighted by Crippen LogP contribution is 2.56. The smallest absolute Gasteiger partial charge is 0.356 e. The molecule has 0 bridgehead atoms. The first kappa shape index (κ1) is 20.1. The minimum absolute atomic E-state index is 0.00525. The number of H-pyrrole nitrogens is 1. The SMILES string of the molecule is Nc1nc2c(ncn2CCOCP2(=O)OCCC(c3cccc(Cl)c3)O2)c(=O)[nH]1. The van der Waals surface area contributed by atoms with Crippen molar-refractivity contribution < 1.29 is 18.3 Å². The number of ether oxygens (including phenoxy) is 1. The Kier molecular flexibility index (Phi) is 5.71. The van der Waals surface area contributed by atoms with Crippen molar-refractivity contribution in [2.75, 3.05) is 25.3 Å². The molecule has 2 aromatic heterocycles. The van der Waals surface area contributed by atoms with E-state index >= 15 is 0 Å². The van der Waals surface area contributed by atoms with Gasteiger partial charge in [-0.15, -0.1) is 0 Å². The zero-order chi connectivity index (χ0) is 20.4. The number of nitrogens with one attached hydrogen (secondary N) is 1. The summed E-state index contributed by atoms with van der Waals surface area (Å²) in [7, 11) is -3.40. The van der Waals surface area contributed by atoms with Crippen LogP contribution in [0.25, 0.3) is 11.2 Å². The molecule has 4 rings (SSSR count). The van der Waals surface area contributed by atoms with Gasteiger partial charge in [0, 0.05) is 18.0 Å². The number of anilines is 1. The fourth-order valence-corrected chi connectivity index (χ4v) is 4.80. The molecule has 29 heavy (non-hydrogen) atoms. The Morgan fingerprint density at radius 2 is 2.31 bits per heavy atom. The molecule has 0 amide bonds. The molecule has 2 atom stereocenters. The van der Waals surface area contributed by atoms with Gasteiger partial charge in [-0.05, 0) is 17.7 Å². The van der Waals surface area contributed by atoms with Crippen LogP contribution in [0.4, 0.5) is 5.95 Å². The predicted molar refractivity (Wildman–Crippen MR) is 107 cm³/mol. The van der Waals surface area contributed by atoms with Gasteiger partial charge in [-0.25, -0.2) is 4.98 Å². The first-order valence-corrected chi connectivity index (χ1v) is 11.0. The summed E-state index contributed by atoms with van der Waals surface area (Å²) in [5.41, 5.74) is 6.56. The average Bonchev–Trinajstić information content (AvgIpc) is 3.08. The molecule has 10 nitrogen and oxygen atoms in total. The second-order valence-corrected chi connectivity index (χ2v) is 8.87. The summed E-state index contributed by atoms with van der Waals surface area (Å²) in [4.78, 5) is 22.3. The number of imidazole rings is 1. The molecule has 1 aromatic carbocycles. The lowest BCUT2D eigenvalue weighted by Crippen LogP contribution is -2.17. The van der Waals surface area contributed by atoms with E-state index in [1.807, 2.05) is 12.1 Å². The first-order chi connectivity index (χ1) is 13.9. The van der Waals surface area contributed by atoms with E-state index in [9.17, 15) is 9.36 Å². The Hall–Kier alpha value is -2.23. The molecular formula is C17H19ClN5O5P. The monoisotopic (exact) mass is 439 g/mol. The number of fused-ring (bicyclic) bond motifs is 1. The summed E-state index contributed by atoms with van der Waals surface area (Å²) in [6.45, 7) is 0.832. The molecule has 0 aliphatic carbocycles. The Morgan fingerprint density at radius 1 is 1.45 bits per heavy atom. The molecule has 154 valence electrons. The molecular weight excluding hydrogens is 421 g/mol. The van der Waals surface area contributed by atoms with Gasteiger partial charge in [0.2, 0.25) is 5.95 Å². The van der Waals surface area contributed by atoms with Gasteiger partial charge in [0.15, 0.2) is 11.2 Å². The number of halogens is 1. The second-order valence-electron chi connectivity index (χ2n) is 6.48. The van der Waals surface area contributed by atoms with Crippen LogP contribution in [0.5, 0.6) is 0 Å². The highest BCUT2D eigenvalue weighted by Gasteiger charge is 2.34. The molecule has 2 unspecified atom stereocenters. The quantitative estimate of drug-likeness (QED) is 0.442. The largest absolute Gasteiger partial charge is 0.369 e. The maximum atomic E-state index is 12.9. The number of hydrogen-bond donors (Lipinski definition) is 2. The molecule has 0 spiro atoms. The first-order valence-electron chi connectivity index (χ1n) is 8.89. The van der Waals surface area contributed by atoms with Gasteiger partial charge in [0.05, 0.1) is 25.6 Å². The fourth-order valence-electron chi connectivity index (χ4n) is 3.05. The minimum Gasteiger partial charge on any atom is -0.369 e. The van der Waals surface area contributed by atoms with Crippen molar-refractivity contribution in [2.45, 2.75) is 19.1 Å². The van der Waals surface area contributed by atoms with Gasteiger partial charge in [-0.3, -0.25) is 18.9 Å². The lowest BCUT2D eigenvalue weighted by molar-refractivity contribution is 0.0563. The third kappa shape index (κ3) is 4.52. The van der Waals surface area contributed by atoms with Crippen molar-refractivity contribution in [2.24, 2.45) is 0 Å². The highest BCUT2D eigenvalue weighted by atomic mass is 35.5. The number of nitrogens with two attached hydrogens (primary N) is 1. The Labute approximate surface area is 170 Å². The van der Waals surface area contributed by atoms with Gasteiger partial charge in [-0.2, -0.15) is 4.98 Å². The summed E-state index contributed by atoms with van der Waals surface area (Å²) < 4.78 is 31.1. The maximum Gasteiger partial charge on any atom is 0.356 e. The van der Waals surface area contributed by atoms with E-state index in [0.29, 0.717) is 30.2 Å². The molecule has 1 fully saturated rings. The van der Waals surface area contributed by atoms with E-state index < -0.39 is 13.2 Å². The Balaban J connectivity index is 1.35. The van der Waals surface area contributed by atoms with Gasteiger partial charge in [0.1, 0.15) is 6.35 Å². The van der Waals surface area contributed by atoms with Crippen LogP contribution in [0, 0.1) is 0 Å². The van der Waals surface area contributed by atoms with Crippen molar-refractivity contribution in [3.8, 4) is 0 Å². The molecule has 3 heterocycles. The summed E-state index contributed by atoms with van der Waals surface area (Å²) in [5, 5.41) is 0.587. The van der Waals surface area contributed by atoms with Crippen molar-refractivity contribution in [1.29, 1.82) is 0 Å². The number of nitrogens with zero attached hydrogens (tertiary/aromatic N) is 3. The number of aromatic amines is 1. The van der Waals surface area contributed by atoms with Crippen molar-refractivity contribution in [3.63, 3.8) is 0 Å². The third-order valence-electron chi connectivity index (χ3n) is 4.40. The molecule has 1 saturated heterocycles.